The van der Waals surface area contributed by atoms with Crippen molar-refractivity contribution in [1.82, 2.24) is 15.6 Å². The van der Waals surface area contributed by atoms with Crippen LogP contribution < -0.4 is 15.5 Å². The Morgan fingerprint density at radius 1 is 1.19 bits per heavy atom. The molecule has 2 fully saturated rings. The Morgan fingerprint density at radius 3 is 2.48 bits per heavy atom. The van der Waals surface area contributed by atoms with E-state index >= 15 is 0 Å². The highest BCUT2D eigenvalue weighted by Crippen LogP contribution is 2.19. The van der Waals surface area contributed by atoms with Crippen LogP contribution in [0.5, 0.6) is 0 Å². The molecule has 1 aliphatic carbocycles. The van der Waals surface area contributed by atoms with E-state index in [9.17, 15) is 0 Å². The van der Waals surface area contributed by atoms with Crippen LogP contribution in [0.2, 0.25) is 0 Å². The molecule has 0 radical (unpaired) electrons. The van der Waals surface area contributed by atoms with E-state index < -0.39 is 0 Å². The second kappa shape index (κ2) is 11.0. The van der Waals surface area contributed by atoms with Gasteiger partial charge < -0.3 is 20.3 Å². The number of hydrogen-bond acceptors (Lipinski definition) is 4. The number of nitrogens with one attached hydrogen (secondary N) is 2. The van der Waals surface area contributed by atoms with Gasteiger partial charge in [0.1, 0.15) is 5.82 Å². The maximum atomic E-state index is 5.80. The summed E-state index contributed by atoms with van der Waals surface area (Å²) in [6.45, 7) is 6.76. The third kappa shape index (κ3) is 6.78. The van der Waals surface area contributed by atoms with Crippen LogP contribution >= 0.6 is 24.0 Å². The van der Waals surface area contributed by atoms with E-state index in [1.54, 1.807) is 0 Å². The molecular weight excluding hydrogens is 453 g/mol. The van der Waals surface area contributed by atoms with E-state index in [0.717, 1.165) is 37.0 Å². The molecule has 0 amide bonds. The first-order valence-corrected chi connectivity index (χ1v) is 9.96. The number of aromatic nitrogens is 1. The molecule has 6 nitrogen and oxygen atoms in total. The van der Waals surface area contributed by atoms with Crippen LogP contribution in [-0.2, 0) is 11.3 Å². The third-order valence-corrected chi connectivity index (χ3v) is 5.18. The van der Waals surface area contributed by atoms with Gasteiger partial charge in [0.2, 0.25) is 0 Å². The van der Waals surface area contributed by atoms with Gasteiger partial charge in [0, 0.05) is 38.9 Å². The Bertz CT molecular complexity index is 579. The van der Waals surface area contributed by atoms with Crippen molar-refractivity contribution in [3.63, 3.8) is 0 Å². The minimum Gasteiger partial charge on any atom is -0.372 e. The average molecular weight is 487 g/mol. The summed E-state index contributed by atoms with van der Waals surface area (Å²) in [7, 11) is 1.83. The molecule has 152 valence electrons. The Labute approximate surface area is 180 Å². The van der Waals surface area contributed by atoms with Gasteiger partial charge in [-0.1, -0.05) is 25.3 Å². The average Bonchev–Trinajstić information content (AvgIpc) is 2.65. The van der Waals surface area contributed by atoms with Crippen LogP contribution in [0.15, 0.2) is 23.3 Å². The zero-order chi connectivity index (χ0) is 18.4. The summed E-state index contributed by atoms with van der Waals surface area (Å²) in [4.78, 5) is 11.3. The molecule has 2 aliphatic rings. The number of rotatable bonds is 4. The second-order valence-electron chi connectivity index (χ2n) is 7.59. The molecule has 2 N–H and O–H groups in total. The smallest absolute Gasteiger partial charge is 0.191 e. The first-order chi connectivity index (χ1) is 12.6. The lowest BCUT2D eigenvalue weighted by molar-refractivity contribution is -0.00545. The number of hydrogen-bond donors (Lipinski definition) is 2. The molecule has 1 saturated heterocycles. The van der Waals surface area contributed by atoms with Gasteiger partial charge in [0.25, 0.3) is 0 Å². The van der Waals surface area contributed by atoms with Gasteiger partial charge in [-0.15, -0.1) is 24.0 Å². The standard InChI is InChI=1S/C20H33N5O.HI/c1-15-13-25(14-16(2)26-15)19-10-9-17(11-22-19)12-23-20(21-3)24-18-7-5-4-6-8-18;/h9-11,15-16,18H,4-8,12-14H2,1-3H3,(H2,21,23,24);1H. The lowest BCUT2D eigenvalue weighted by Crippen LogP contribution is -2.45. The van der Waals surface area contributed by atoms with E-state index in [1.807, 2.05) is 13.2 Å². The summed E-state index contributed by atoms with van der Waals surface area (Å²) in [5.74, 6) is 1.91. The van der Waals surface area contributed by atoms with Crippen molar-refractivity contribution in [3.05, 3.63) is 23.9 Å². The molecule has 1 saturated carbocycles. The summed E-state index contributed by atoms with van der Waals surface area (Å²) < 4.78 is 5.80. The minimum atomic E-state index is 0. The first-order valence-electron chi connectivity index (χ1n) is 9.96. The SMILES string of the molecule is CN=C(NCc1ccc(N2CC(C)OC(C)C2)nc1)NC1CCCCC1.I. The van der Waals surface area contributed by atoms with Gasteiger partial charge in [0.05, 0.1) is 12.2 Å². The largest absolute Gasteiger partial charge is 0.372 e. The first kappa shape index (κ1) is 22.2. The molecule has 2 atom stereocenters. The van der Waals surface area contributed by atoms with Gasteiger partial charge in [-0.3, -0.25) is 4.99 Å². The molecule has 27 heavy (non-hydrogen) atoms. The number of pyridine rings is 1. The highest BCUT2D eigenvalue weighted by Gasteiger charge is 2.23. The molecule has 0 aromatic carbocycles. The van der Waals surface area contributed by atoms with E-state index in [-0.39, 0.29) is 36.2 Å². The van der Waals surface area contributed by atoms with Crippen molar-refractivity contribution in [2.24, 2.45) is 4.99 Å². The molecule has 1 aromatic rings. The van der Waals surface area contributed by atoms with Crippen molar-refractivity contribution < 1.29 is 4.74 Å². The molecule has 7 heteroatoms. The number of nitrogens with zero attached hydrogens (tertiary/aromatic N) is 3. The molecule has 3 rings (SSSR count). The number of guanidine groups is 1. The zero-order valence-electron chi connectivity index (χ0n) is 16.8. The predicted molar refractivity (Wildman–Crippen MR) is 122 cm³/mol. The third-order valence-electron chi connectivity index (χ3n) is 5.18. The fourth-order valence-corrected chi connectivity index (χ4v) is 3.89. The van der Waals surface area contributed by atoms with Gasteiger partial charge in [-0.2, -0.15) is 0 Å². The Kier molecular flexibility index (Phi) is 9.08. The highest BCUT2D eigenvalue weighted by atomic mass is 127. The molecular formula is C20H34IN5O. The zero-order valence-corrected chi connectivity index (χ0v) is 19.1. The number of halogens is 1. The summed E-state index contributed by atoms with van der Waals surface area (Å²) in [5.41, 5.74) is 1.16. The predicted octanol–water partition coefficient (Wildman–Crippen LogP) is 3.31. The van der Waals surface area contributed by atoms with E-state index in [0.29, 0.717) is 6.04 Å². The normalized spacial score (nSPS) is 24.3. The number of anilines is 1. The van der Waals surface area contributed by atoms with E-state index in [1.165, 1.54) is 32.1 Å². The Hall–Kier alpha value is -1.09. The summed E-state index contributed by atoms with van der Waals surface area (Å²) in [5, 5.41) is 6.96. The van der Waals surface area contributed by atoms with Crippen LogP contribution in [-0.4, -0.2) is 49.3 Å². The quantitative estimate of drug-likeness (QED) is 0.388. The van der Waals surface area contributed by atoms with Gasteiger partial charge in [-0.25, -0.2) is 4.98 Å². The molecule has 1 aliphatic heterocycles. The number of morpholine rings is 1. The molecule has 1 aromatic heterocycles. The second-order valence-corrected chi connectivity index (χ2v) is 7.59. The Morgan fingerprint density at radius 2 is 1.89 bits per heavy atom. The topological polar surface area (TPSA) is 61.8 Å². The Balaban J connectivity index is 0.00000261. The number of aliphatic imine (C=N–C) groups is 1. The summed E-state index contributed by atoms with van der Waals surface area (Å²) >= 11 is 0. The van der Waals surface area contributed by atoms with Crippen LogP contribution in [0.4, 0.5) is 5.82 Å². The monoisotopic (exact) mass is 487 g/mol. The number of ether oxygens (including phenoxy) is 1. The summed E-state index contributed by atoms with van der Waals surface area (Å²) in [6, 6.07) is 4.81. The van der Waals surface area contributed by atoms with E-state index in [4.69, 9.17) is 4.74 Å². The van der Waals surface area contributed by atoms with Crippen LogP contribution in [0, 0.1) is 0 Å². The van der Waals surface area contributed by atoms with Crippen molar-refractivity contribution in [2.75, 3.05) is 25.0 Å². The van der Waals surface area contributed by atoms with Gasteiger partial charge >= 0.3 is 0 Å². The minimum absolute atomic E-state index is 0. The molecule has 2 unspecified atom stereocenters. The van der Waals surface area contributed by atoms with Crippen LogP contribution in [0.25, 0.3) is 0 Å². The van der Waals surface area contributed by atoms with Crippen LogP contribution in [0.3, 0.4) is 0 Å². The van der Waals surface area contributed by atoms with Crippen molar-refractivity contribution in [1.29, 1.82) is 0 Å². The lowest BCUT2D eigenvalue weighted by Gasteiger charge is -2.36. The molecule has 0 bridgehead atoms. The molecule has 0 spiro atoms. The van der Waals surface area contributed by atoms with Crippen LogP contribution in [0.1, 0.15) is 51.5 Å². The maximum absolute atomic E-state index is 5.80. The lowest BCUT2D eigenvalue weighted by atomic mass is 9.96. The fraction of sp³-hybridized carbons (Fsp3) is 0.700. The summed E-state index contributed by atoms with van der Waals surface area (Å²) in [6.07, 6.45) is 8.94. The van der Waals surface area contributed by atoms with Gasteiger partial charge in [0.15, 0.2) is 5.96 Å². The van der Waals surface area contributed by atoms with Crippen molar-refractivity contribution in [3.8, 4) is 0 Å². The maximum Gasteiger partial charge on any atom is 0.191 e. The van der Waals surface area contributed by atoms with E-state index in [2.05, 4.69) is 51.5 Å². The van der Waals surface area contributed by atoms with Crippen molar-refractivity contribution >= 4 is 35.8 Å². The van der Waals surface area contributed by atoms with Gasteiger partial charge in [-0.05, 0) is 38.3 Å². The highest BCUT2D eigenvalue weighted by molar-refractivity contribution is 14.0. The van der Waals surface area contributed by atoms with Crippen molar-refractivity contribution in [2.45, 2.75) is 70.7 Å². The molecule has 2 heterocycles. The fourth-order valence-electron chi connectivity index (χ4n) is 3.89.